The maximum absolute atomic E-state index is 7.03. The molecule has 2 heteroatoms. The minimum atomic E-state index is 0.337. The molecule has 1 N–H and O–H groups in total. The lowest BCUT2D eigenvalue weighted by molar-refractivity contribution is 0.414. The standard InChI is InChI=1S/C8H10NO/c1-10-8-4-2-7(6-9)3-5-8/h2-5,9H,6H2,1H3. The van der Waals surface area contributed by atoms with Crippen LogP contribution in [0.3, 0.4) is 0 Å². The Hall–Kier alpha value is -1.02. The van der Waals surface area contributed by atoms with E-state index in [0.717, 1.165) is 11.3 Å². The zero-order chi connectivity index (χ0) is 7.40. The Labute approximate surface area is 60.6 Å². The van der Waals surface area contributed by atoms with Gasteiger partial charge in [-0.15, -0.1) is 0 Å². The zero-order valence-corrected chi connectivity index (χ0v) is 5.92. The molecule has 0 amide bonds. The van der Waals surface area contributed by atoms with Gasteiger partial charge in [0.1, 0.15) is 5.75 Å². The Morgan fingerprint density at radius 1 is 1.30 bits per heavy atom. The van der Waals surface area contributed by atoms with Crippen LogP contribution < -0.4 is 10.5 Å². The highest BCUT2D eigenvalue weighted by atomic mass is 16.5. The lowest BCUT2D eigenvalue weighted by atomic mass is 10.2. The van der Waals surface area contributed by atoms with Crippen LogP contribution in [0.15, 0.2) is 24.3 Å². The summed E-state index contributed by atoms with van der Waals surface area (Å²) < 4.78 is 4.95. The molecule has 53 valence electrons. The molecule has 1 aromatic rings. The molecule has 0 unspecified atom stereocenters. The van der Waals surface area contributed by atoms with Gasteiger partial charge in [0, 0.05) is 6.54 Å². The van der Waals surface area contributed by atoms with Gasteiger partial charge in [-0.25, -0.2) is 0 Å². The molecule has 0 fully saturated rings. The van der Waals surface area contributed by atoms with E-state index in [9.17, 15) is 0 Å². The first-order valence-corrected chi connectivity index (χ1v) is 3.14. The van der Waals surface area contributed by atoms with E-state index in [1.807, 2.05) is 24.3 Å². The Bertz CT molecular complexity index is 170. The summed E-state index contributed by atoms with van der Waals surface area (Å²) in [5.41, 5.74) is 8.05. The molecule has 1 radical (unpaired) electrons. The molecule has 0 atom stereocenters. The second kappa shape index (κ2) is 3.22. The number of ether oxygens (including phenoxy) is 1. The Morgan fingerprint density at radius 3 is 2.30 bits per heavy atom. The minimum absolute atomic E-state index is 0.337. The Morgan fingerprint density at radius 2 is 1.90 bits per heavy atom. The van der Waals surface area contributed by atoms with Crippen molar-refractivity contribution in [3.05, 3.63) is 29.8 Å². The molecular formula is C8H10NO. The van der Waals surface area contributed by atoms with Gasteiger partial charge >= 0.3 is 0 Å². The second-order valence-corrected chi connectivity index (χ2v) is 2.02. The van der Waals surface area contributed by atoms with E-state index in [2.05, 4.69) is 0 Å². The lowest BCUT2D eigenvalue weighted by Gasteiger charge is -1.98. The van der Waals surface area contributed by atoms with Crippen LogP contribution in [0.4, 0.5) is 0 Å². The quantitative estimate of drug-likeness (QED) is 0.606. The minimum Gasteiger partial charge on any atom is -0.497 e. The predicted molar refractivity (Wildman–Crippen MR) is 39.8 cm³/mol. The Kier molecular flexibility index (Phi) is 2.29. The van der Waals surface area contributed by atoms with E-state index in [-0.39, 0.29) is 0 Å². The van der Waals surface area contributed by atoms with Gasteiger partial charge in [-0.3, -0.25) is 5.73 Å². The van der Waals surface area contributed by atoms with Gasteiger partial charge in [0.15, 0.2) is 0 Å². The van der Waals surface area contributed by atoms with Crippen molar-refractivity contribution >= 4 is 0 Å². The van der Waals surface area contributed by atoms with E-state index in [0.29, 0.717) is 6.54 Å². The summed E-state index contributed by atoms with van der Waals surface area (Å²) in [5.74, 6) is 0.845. The molecule has 0 spiro atoms. The highest BCUT2D eigenvalue weighted by molar-refractivity contribution is 5.26. The molecule has 0 aliphatic carbocycles. The lowest BCUT2D eigenvalue weighted by Crippen LogP contribution is -1.85. The first-order chi connectivity index (χ1) is 4.86. The molecule has 0 aromatic heterocycles. The van der Waals surface area contributed by atoms with Crippen molar-refractivity contribution in [3.63, 3.8) is 0 Å². The van der Waals surface area contributed by atoms with Crippen molar-refractivity contribution in [1.82, 2.24) is 5.73 Å². The molecule has 0 bridgehead atoms. The Balaban J connectivity index is 2.80. The van der Waals surface area contributed by atoms with Crippen molar-refractivity contribution in [2.24, 2.45) is 0 Å². The highest BCUT2D eigenvalue weighted by Crippen LogP contribution is 2.10. The molecular weight excluding hydrogens is 126 g/mol. The summed E-state index contributed by atoms with van der Waals surface area (Å²) in [6.07, 6.45) is 0. The van der Waals surface area contributed by atoms with E-state index in [1.165, 1.54) is 0 Å². The summed E-state index contributed by atoms with van der Waals surface area (Å²) in [6, 6.07) is 7.52. The van der Waals surface area contributed by atoms with Crippen LogP contribution in [0.5, 0.6) is 5.75 Å². The molecule has 1 aromatic carbocycles. The van der Waals surface area contributed by atoms with Crippen molar-refractivity contribution in [2.75, 3.05) is 7.11 Å². The smallest absolute Gasteiger partial charge is 0.118 e. The summed E-state index contributed by atoms with van der Waals surface area (Å²) in [7, 11) is 1.63. The molecule has 0 heterocycles. The number of nitrogens with one attached hydrogen (secondary N) is 1. The maximum Gasteiger partial charge on any atom is 0.118 e. The van der Waals surface area contributed by atoms with E-state index < -0.39 is 0 Å². The molecule has 0 aliphatic heterocycles. The average Bonchev–Trinajstić information content (AvgIpc) is 2.05. The van der Waals surface area contributed by atoms with E-state index in [4.69, 9.17) is 10.5 Å². The average molecular weight is 136 g/mol. The second-order valence-electron chi connectivity index (χ2n) is 2.02. The molecule has 0 saturated carbocycles. The van der Waals surface area contributed by atoms with Crippen LogP contribution in [0.25, 0.3) is 0 Å². The number of hydrogen-bond donors (Lipinski definition) is 0. The first-order valence-electron chi connectivity index (χ1n) is 3.14. The summed E-state index contributed by atoms with van der Waals surface area (Å²) in [6.45, 7) is 0.337. The van der Waals surface area contributed by atoms with Crippen molar-refractivity contribution in [2.45, 2.75) is 6.54 Å². The summed E-state index contributed by atoms with van der Waals surface area (Å²) in [4.78, 5) is 0. The van der Waals surface area contributed by atoms with E-state index in [1.54, 1.807) is 7.11 Å². The van der Waals surface area contributed by atoms with Crippen LogP contribution in [0.1, 0.15) is 5.56 Å². The third kappa shape index (κ3) is 1.48. The topological polar surface area (TPSA) is 33.0 Å². The fraction of sp³-hybridized carbons (Fsp3) is 0.250. The maximum atomic E-state index is 7.03. The van der Waals surface area contributed by atoms with Crippen LogP contribution in [-0.2, 0) is 6.54 Å². The molecule has 1 rings (SSSR count). The number of hydrogen-bond acceptors (Lipinski definition) is 1. The zero-order valence-electron chi connectivity index (χ0n) is 5.92. The third-order valence-corrected chi connectivity index (χ3v) is 1.36. The fourth-order valence-electron chi connectivity index (χ4n) is 0.743. The van der Waals surface area contributed by atoms with Crippen molar-refractivity contribution in [3.8, 4) is 5.75 Å². The van der Waals surface area contributed by atoms with Gasteiger partial charge in [-0.1, -0.05) is 12.1 Å². The fourth-order valence-corrected chi connectivity index (χ4v) is 0.743. The predicted octanol–water partition coefficient (Wildman–Crippen LogP) is 1.48. The highest BCUT2D eigenvalue weighted by Gasteiger charge is 1.89. The number of rotatable bonds is 2. The van der Waals surface area contributed by atoms with Gasteiger partial charge in [-0.05, 0) is 17.7 Å². The van der Waals surface area contributed by atoms with Crippen LogP contribution in [0.2, 0.25) is 0 Å². The number of benzene rings is 1. The first kappa shape index (κ1) is 7.09. The van der Waals surface area contributed by atoms with Gasteiger partial charge in [0.2, 0.25) is 0 Å². The van der Waals surface area contributed by atoms with Gasteiger partial charge in [0.05, 0.1) is 7.11 Å². The molecule has 2 nitrogen and oxygen atoms in total. The van der Waals surface area contributed by atoms with Crippen molar-refractivity contribution < 1.29 is 4.74 Å². The molecule has 0 aliphatic rings. The van der Waals surface area contributed by atoms with Gasteiger partial charge < -0.3 is 4.74 Å². The summed E-state index contributed by atoms with van der Waals surface area (Å²) in [5, 5.41) is 0. The molecule has 10 heavy (non-hydrogen) atoms. The monoisotopic (exact) mass is 136 g/mol. The SMILES string of the molecule is COc1ccc(C[NH])cc1. The van der Waals surface area contributed by atoms with Crippen LogP contribution in [0, 0.1) is 0 Å². The summed E-state index contributed by atoms with van der Waals surface area (Å²) >= 11 is 0. The normalized spacial score (nSPS) is 9.40. The van der Waals surface area contributed by atoms with Crippen LogP contribution in [-0.4, -0.2) is 7.11 Å². The van der Waals surface area contributed by atoms with Gasteiger partial charge in [0.25, 0.3) is 0 Å². The van der Waals surface area contributed by atoms with Gasteiger partial charge in [-0.2, -0.15) is 0 Å². The van der Waals surface area contributed by atoms with Crippen LogP contribution >= 0.6 is 0 Å². The van der Waals surface area contributed by atoms with Crippen molar-refractivity contribution in [1.29, 1.82) is 0 Å². The van der Waals surface area contributed by atoms with E-state index >= 15 is 0 Å². The molecule has 0 saturated heterocycles. The largest absolute Gasteiger partial charge is 0.497 e. The third-order valence-electron chi connectivity index (χ3n) is 1.36. The number of methoxy groups -OCH3 is 1.